The van der Waals surface area contributed by atoms with Gasteiger partial charge in [0.25, 0.3) is 0 Å². The number of nitrogen functional groups attached to an aromatic ring is 1. The highest BCUT2D eigenvalue weighted by atomic mass is 16.3. The summed E-state index contributed by atoms with van der Waals surface area (Å²) in [5.41, 5.74) is 8.08. The van der Waals surface area contributed by atoms with Crippen molar-refractivity contribution in [3.8, 4) is 0 Å². The Morgan fingerprint density at radius 3 is 2.89 bits per heavy atom. The molecule has 0 amide bonds. The molecule has 2 aromatic rings. The lowest BCUT2D eigenvalue weighted by Gasteiger charge is -2.17. The summed E-state index contributed by atoms with van der Waals surface area (Å²) in [7, 11) is 0. The molecule has 4 heteroatoms. The van der Waals surface area contributed by atoms with Gasteiger partial charge >= 0.3 is 0 Å². The Kier molecular flexibility index (Phi) is 3.99. The fraction of sp³-hybridized carbons (Fsp3) is 0.357. The van der Waals surface area contributed by atoms with E-state index in [1.165, 1.54) is 0 Å². The van der Waals surface area contributed by atoms with Gasteiger partial charge in [-0.1, -0.05) is 13.0 Å². The molecule has 18 heavy (non-hydrogen) atoms. The highest BCUT2D eigenvalue weighted by molar-refractivity contribution is 5.39. The first kappa shape index (κ1) is 12.6. The summed E-state index contributed by atoms with van der Waals surface area (Å²) < 4.78 is 5.57. The van der Waals surface area contributed by atoms with Crippen molar-refractivity contribution < 1.29 is 4.42 Å². The van der Waals surface area contributed by atoms with Crippen molar-refractivity contribution in [3.63, 3.8) is 0 Å². The molecule has 96 valence electrons. The second-order valence-electron chi connectivity index (χ2n) is 4.33. The molecule has 1 unspecified atom stereocenters. The van der Waals surface area contributed by atoms with E-state index < -0.39 is 0 Å². The van der Waals surface area contributed by atoms with Gasteiger partial charge in [0.1, 0.15) is 11.6 Å². The Labute approximate surface area is 107 Å². The standard InChI is InChI=1S/C14H19N3O/c1-3-16-12(13-10(2)6-8-18-13)9-11-5-4-7-17-14(11)15/h4-8,12,16H,3,9H2,1-2H3,(H2,15,17). The average Bonchev–Trinajstić information content (AvgIpc) is 2.78. The first-order valence-electron chi connectivity index (χ1n) is 6.19. The number of aryl methyl sites for hydroxylation is 1. The number of nitrogens with two attached hydrogens (primary N) is 1. The van der Waals surface area contributed by atoms with Crippen LogP contribution in [0.25, 0.3) is 0 Å². The second kappa shape index (κ2) is 5.69. The summed E-state index contributed by atoms with van der Waals surface area (Å²) in [6.45, 7) is 5.01. The lowest BCUT2D eigenvalue weighted by atomic mass is 10.0. The van der Waals surface area contributed by atoms with E-state index in [4.69, 9.17) is 10.2 Å². The van der Waals surface area contributed by atoms with E-state index >= 15 is 0 Å². The SMILES string of the molecule is CCNC(Cc1cccnc1N)c1occc1C. The Hall–Kier alpha value is -1.81. The number of nitrogens with zero attached hydrogens (tertiary/aromatic N) is 1. The number of furan rings is 1. The third kappa shape index (κ3) is 2.71. The van der Waals surface area contributed by atoms with Crippen LogP contribution in [0.1, 0.15) is 29.9 Å². The minimum absolute atomic E-state index is 0.136. The van der Waals surface area contributed by atoms with E-state index in [1.807, 2.05) is 18.2 Å². The molecule has 0 aliphatic rings. The van der Waals surface area contributed by atoms with Crippen molar-refractivity contribution in [3.05, 3.63) is 47.5 Å². The molecule has 4 nitrogen and oxygen atoms in total. The third-order valence-electron chi connectivity index (χ3n) is 3.02. The molecule has 0 radical (unpaired) electrons. The number of nitrogens with one attached hydrogen (secondary N) is 1. The van der Waals surface area contributed by atoms with Crippen molar-refractivity contribution in [2.75, 3.05) is 12.3 Å². The minimum atomic E-state index is 0.136. The second-order valence-corrected chi connectivity index (χ2v) is 4.33. The molecule has 0 aliphatic heterocycles. The van der Waals surface area contributed by atoms with Crippen LogP contribution in [0.3, 0.4) is 0 Å². The first-order valence-corrected chi connectivity index (χ1v) is 6.19. The van der Waals surface area contributed by atoms with Crippen molar-refractivity contribution in [1.29, 1.82) is 0 Å². The average molecular weight is 245 g/mol. The van der Waals surface area contributed by atoms with E-state index in [1.54, 1.807) is 12.5 Å². The molecule has 0 spiro atoms. The summed E-state index contributed by atoms with van der Waals surface area (Å²) >= 11 is 0. The topological polar surface area (TPSA) is 64.1 Å². The van der Waals surface area contributed by atoms with Gasteiger partial charge < -0.3 is 15.5 Å². The van der Waals surface area contributed by atoms with Gasteiger partial charge in [-0.05, 0) is 43.1 Å². The number of hydrogen-bond acceptors (Lipinski definition) is 4. The van der Waals surface area contributed by atoms with E-state index in [0.717, 1.165) is 29.9 Å². The van der Waals surface area contributed by atoms with Crippen LogP contribution >= 0.6 is 0 Å². The van der Waals surface area contributed by atoms with Gasteiger partial charge in [0.15, 0.2) is 0 Å². The molecule has 2 aromatic heterocycles. The van der Waals surface area contributed by atoms with E-state index in [-0.39, 0.29) is 6.04 Å². The maximum absolute atomic E-state index is 5.89. The summed E-state index contributed by atoms with van der Waals surface area (Å²) in [5, 5.41) is 3.42. The predicted molar refractivity (Wildman–Crippen MR) is 72.2 cm³/mol. The molecule has 2 rings (SSSR count). The Morgan fingerprint density at radius 1 is 1.44 bits per heavy atom. The van der Waals surface area contributed by atoms with Gasteiger partial charge in [-0.25, -0.2) is 4.98 Å². The maximum atomic E-state index is 5.89. The van der Waals surface area contributed by atoms with Crippen molar-refractivity contribution in [2.24, 2.45) is 0 Å². The van der Waals surface area contributed by atoms with Gasteiger partial charge in [0.05, 0.1) is 12.3 Å². The van der Waals surface area contributed by atoms with E-state index in [0.29, 0.717) is 5.82 Å². The molecule has 0 saturated heterocycles. The molecule has 0 bridgehead atoms. The normalized spacial score (nSPS) is 12.6. The van der Waals surface area contributed by atoms with Crippen molar-refractivity contribution >= 4 is 5.82 Å². The van der Waals surface area contributed by atoms with Crippen LogP contribution in [0.2, 0.25) is 0 Å². The van der Waals surface area contributed by atoms with Crippen LogP contribution in [0.5, 0.6) is 0 Å². The molecular weight excluding hydrogens is 226 g/mol. The maximum Gasteiger partial charge on any atom is 0.126 e. The van der Waals surface area contributed by atoms with Gasteiger partial charge in [0.2, 0.25) is 0 Å². The summed E-state index contributed by atoms with van der Waals surface area (Å²) in [4.78, 5) is 4.12. The lowest BCUT2D eigenvalue weighted by molar-refractivity contribution is 0.414. The third-order valence-corrected chi connectivity index (χ3v) is 3.02. The molecule has 1 atom stereocenters. The summed E-state index contributed by atoms with van der Waals surface area (Å²) in [6.07, 6.45) is 4.21. The molecular formula is C14H19N3O. The zero-order chi connectivity index (χ0) is 13.0. The number of aromatic nitrogens is 1. The molecule has 3 N–H and O–H groups in total. The molecule has 0 fully saturated rings. The Balaban J connectivity index is 2.22. The van der Waals surface area contributed by atoms with E-state index in [9.17, 15) is 0 Å². The lowest BCUT2D eigenvalue weighted by Crippen LogP contribution is -2.23. The number of anilines is 1. The minimum Gasteiger partial charge on any atom is -0.467 e. The van der Waals surface area contributed by atoms with Crippen LogP contribution in [-0.2, 0) is 6.42 Å². The number of rotatable bonds is 5. The first-order chi connectivity index (χ1) is 8.72. The highest BCUT2D eigenvalue weighted by Gasteiger charge is 2.17. The molecule has 2 heterocycles. The smallest absolute Gasteiger partial charge is 0.126 e. The molecule has 0 aromatic carbocycles. The van der Waals surface area contributed by atoms with Crippen molar-refractivity contribution in [2.45, 2.75) is 26.3 Å². The molecule has 0 aliphatic carbocycles. The van der Waals surface area contributed by atoms with Gasteiger partial charge in [-0.3, -0.25) is 0 Å². The van der Waals surface area contributed by atoms with Gasteiger partial charge in [0, 0.05) is 6.20 Å². The van der Waals surface area contributed by atoms with Gasteiger partial charge in [-0.15, -0.1) is 0 Å². The van der Waals surface area contributed by atoms with Gasteiger partial charge in [-0.2, -0.15) is 0 Å². The fourth-order valence-corrected chi connectivity index (χ4v) is 2.09. The summed E-state index contributed by atoms with van der Waals surface area (Å²) in [5.74, 6) is 1.56. The van der Waals surface area contributed by atoms with Crippen LogP contribution in [0.4, 0.5) is 5.82 Å². The van der Waals surface area contributed by atoms with Crippen LogP contribution in [0, 0.1) is 6.92 Å². The van der Waals surface area contributed by atoms with E-state index in [2.05, 4.69) is 24.1 Å². The predicted octanol–water partition coefficient (Wildman–Crippen LogP) is 2.46. The van der Waals surface area contributed by atoms with Crippen LogP contribution in [-0.4, -0.2) is 11.5 Å². The Morgan fingerprint density at radius 2 is 2.28 bits per heavy atom. The van der Waals surface area contributed by atoms with Crippen LogP contribution in [0.15, 0.2) is 35.1 Å². The largest absolute Gasteiger partial charge is 0.467 e. The zero-order valence-electron chi connectivity index (χ0n) is 10.8. The summed E-state index contributed by atoms with van der Waals surface area (Å²) in [6, 6.07) is 6.03. The zero-order valence-corrected chi connectivity index (χ0v) is 10.8. The molecule has 0 saturated carbocycles. The fourth-order valence-electron chi connectivity index (χ4n) is 2.09. The number of hydrogen-bond donors (Lipinski definition) is 2. The number of pyridine rings is 1. The monoisotopic (exact) mass is 245 g/mol. The quantitative estimate of drug-likeness (QED) is 0.849. The Bertz CT molecular complexity index is 507. The number of likely N-dealkylation sites (N-methyl/N-ethyl adjacent to an activating group) is 1. The van der Waals surface area contributed by atoms with Crippen molar-refractivity contribution in [1.82, 2.24) is 10.3 Å². The highest BCUT2D eigenvalue weighted by Crippen LogP contribution is 2.24. The van der Waals surface area contributed by atoms with Crippen LogP contribution < -0.4 is 11.1 Å².